The van der Waals surface area contributed by atoms with Crippen molar-refractivity contribution in [2.75, 3.05) is 0 Å². The lowest BCUT2D eigenvalue weighted by Crippen LogP contribution is -2.43. The Morgan fingerprint density at radius 3 is 2.64 bits per heavy atom. The van der Waals surface area contributed by atoms with Crippen molar-refractivity contribution >= 4 is 22.8 Å². The number of nitrogens with one attached hydrogen (secondary N) is 2. The SMILES string of the molecule is CC(C)c1cc2[nH]c(=O)n(C3CCC(=O)NC3=O)c2cc1F. The van der Waals surface area contributed by atoms with Crippen LogP contribution in [-0.4, -0.2) is 21.4 Å². The molecule has 1 aromatic heterocycles. The average Bonchev–Trinajstić information content (AvgIpc) is 2.73. The first-order valence-electron chi connectivity index (χ1n) is 7.16. The summed E-state index contributed by atoms with van der Waals surface area (Å²) in [6.45, 7) is 3.72. The fourth-order valence-electron chi connectivity index (χ4n) is 2.84. The van der Waals surface area contributed by atoms with Crippen molar-refractivity contribution in [1.29, 1.82) is 0 Å². The van der Waals surface area contributed by atoms with Gasteiger partial charge in [-0.15, -0.1) is 0 Å². The molecule has 0 saturated carbocycles. The predicted molar refractivity (Wildman–Crippen MR) is 78.0 cm³/mol. The van der Waals surface area contributed by atoms with Crippen LogP contribution in [0.3, 0.4) is 0 Å². The van der Waals surface area contributed by atoms with E-state index in [1.807, 2.05) is 13.8 Å². The highest BCUT2D eigenvalue weighted by molar-refractivity contribution is 6.00. The summed E-state index contributed by atoms with van der Waals surface area (Å²) in [5, 5.41) is 2.21. The van der Waals surface area contributed by atoms with Gasteiger partial charge in [-0.1, -0.05) is 13.8 Å². The van der Waals surface area contributed by atoms with E-state index in [9.17, 15) is 18.8 Å². The number of aromatic nitrogens is 2. The molecule has 1 unspecified atom stereocenters. The molecule has 1 fully saturated rings. The van der Waals surface area contributed by atoms with Gasteiger partial charge in [-0.3, -0.25) is 19.5 Å². The molecule has 1 aromatic carbocycles. The molecule has 1 aliphatic rings. The first-order chi connectivity index (χ1) is 10.4. The van der Waals surface area contributed by atoms with Gasteiger partial charge in [0.25, 0.3) is 0 Å². The maximum atomic E-state index is 14.2. The number of carbonyl (C=O) groups excluding carboxylic acids is 2. The minimum absolute atomic E-state index is 0.0214. The predicted octanol–water partition coefficient (Wildman–Crippen LogP) is 1.57. The molecule has 1 atom stereocenters. The second-order valence-electron chi connectivity index (χ2n) is 5.81. The van der Waals surface area contributed by atoms with E-state index < -0.39 is 23.5 Å². The second-order valence-corrected chi connectivity index (χ2v) is 5.81. The van der Waals surface area contributed by atoms with Crippen LogP contribution in [0.15, 0.2) is 16.9 Å². The van der Waals surface area contributed by atoms with Gasteiger partial charge in [-0.2, -0.15) is 0 Å². The Kier molecular flexibility index (Phi) is 3.35. The monoisotopic (exact) mass is 305 g/mol. The average molecular weight is 305 g/mol. The van der Waals surface area contributed by atoms with Crippen LogP contribution in [0.5, 0.6) is 0 Å². The van der Waals surface area contributed by atoms with Crippen molar-refractivity contribution in [1.82, 2.24) is 14.9 Å². The molecule has 1 saturated heterocycles. The molecule has 0 spiro atoms. The Balaban J connectivity index is 2.16. The number of aromatic amines is 1. The zero-order valence-corrected chi connectivity index (χ0v) is 12.3. The van der Waals surface area contributed by atoms with Gasteiger partial charge in [0, 0.05) is 12.5 Å². The normalized spacial score (nSPS) is 19.0. The molecule has 22 heavy (non-hydrogen) atoms. The van der Waals surface area contributed by atoms with Gasteiger partial charge in [0.2, 0.25) is 11.8 Å². The lowest BCUT2D eigenvalue weighted by molar-refractivity contribution is -0.135. The molecule has 0 radical (unpaired) electrons. The number of hydrogen-bond donors (Lipinski definition) is 2. The minimum atomic E-state index is -0.803. The van der Waals surface area contributed by atoms with Crippen LogP contribution >= 0.6 is 0 Å². The van der Waals surface area contributed by atoms with Gasteiger partial charge >= 0.3 is 5.69 Å². The molecule has 2 heterocycles. The first-order valence-corrected chi connectivity index (χ1v) is 7.16. The molecule has 3 rings (SSSR count). The molecule has 7 heteroatoms. The number of amides is 2. The maximum Gasteiger partial charge on any atom is 0.327 e. The fourth-order valence-corrected chi connectivity index (χ4v) is 2.84. The van der Waals surface area contributed by atoms with Crippen LogP contribution in [0.25, 0.3) is 11.0 Å². The van der Waals surface area contributed by atoms with Gasteiger partial charge in [0.15, 0.2) is 0 Å². The fraction of sp³-hybridized carbons (Fsp3) is 0.400. The molecule has 2 N–H and O–H groups in total. The quantitative estimate of drug-likeness (QED) is 0.826. The van der Waals surface area contributed by atoms with Crippen LogP contribution in [0.1, 0.15) is 44.2 Å². The van der Waals surface area contributed by atoms with Gasteiger partial charge in [0.1, 0.15) is 11.9 Å². The summed E-state index contributed by atoms with van der Waals surface area (Å²) < 4.78 is 15.4. The van der Waals surface area contributed by atoms with Crippen LogP contribution in [0, 0.1) is 5.82 Å². The van der Waals surface area contributed by atoms with Crippen LogP contribution in [-0.2, 0) is 9.59 Å². The van der Waals surface area contributed by atoms with Crippen LogP contribution in [0.2, 0.25) is 0 Å². The van der Waals surface area contributed by atoms with Crippen molar-refractivity contribution in [3.63, 3.8) is 0 Å². The van der Waals surface area contributed by atoms with Crippen molar-refractivity contribution in [3.8, 4) is 0 Å². The maximum absolute atomic E-state index is 14.2. The standard InChI is InChI=1S/C15H16FN3O3/c1-7(2)8-5-10-12(6-9(8)16)19(15(22)17-10)11-3-4-13(20)18-14(11)21/h5-7,11H,3-4H2,1-2H3,(H,17,22)(H,18,20,21). The van der Waals surface area contributed by atoms with Crippen molar-refractivity contribution < 1.29 is 14.0 Å². The highest BCUT2D eigenvalue weighted by Crippen LogP contribution is 2.26. The third kappa shape index (κ3) is 2.22. The Labute approximate surface area is 125 Å². The van der Waals surface area contributed by atoms with Gasteiger partial charge in [0.05, 0.1) is 11.0 Å². The molecule has 1 aliphatic heterocycles. The minimum Gasteiger partial charge on any atom is -0.306 e. The highest BCUT2D eigenvalue weighted by atomic mass is 19.1. The summed E-state index contributed by atoms with van der Waals surface area (Å²) in [6.07, 6.45) is 0.382. The lowest BCUT2D eigenvalue weighted by Gasteiger charge is -2.22. The zero-order valence-electron chi connectivity index (χ0n) is 12.3. The number of benzene rings is 1. The van der Waals surface area contributed by atoms with Crippen molar-refractivity contribution in [3.05, 3.63) is 34.0 Å². The smallest absolute Gasteiger partial charge is 0.306 e. The molecule has 116 valence electrons. The third-order valence-corrected chi connectivity index (χ3v) is 3.98. The van der Waals surface area contributed by atoms with Crippen LogP contribution < -0.4 is 11.0 Å². The Bertz CT molecular complexity index is 834. The van der Waals surface area contributed by atoms with Crippen molar-refractivity contribution in [2.45, 2.75) is 38.6 Å². The van der Waals surface area contributed by atoms with Crippen molar-refractivity contribution in [2.24, 2.45) is 0 Å². The summed E-state index contributed by atoms with van der Waals surface area (Å²) >= 11 is 0. The third-order valence-electron chi connectivity index (χ3n) is 3.98. The van der Waals surface area contributed by atoms with Gasteiger partial charge < -0.3 is 4.98 Å². The van der Waals surface area contributed by atoms with E-state index >= 15 is 0 Å². The second kappa shape index (κ2) is 5.08. The number of imidazole rings is 1. The molecule has 0 bridgehead atoms. The molecular weight excluding hydrogens is 289 g/mol. The van der Waals surface area contributed by atoms with E-state index in [0.717, 1.165) is 0 Å². The Hall–Kier alpha value is -2.44. The summed E-state index contributed by atoms with van der Waals surface area (Å²) in [4.78, 5) is 38.0. The summed E-state index contributed by atoms with van der Waals surface area (Å²) in [5.74, 6) is -1.33. The number of carbonyl (C=O) groups is 2. The molecule has 2 amide bonds. The summed E-state index contributed by atoms with van der Waals surface area (Å²) in [5.41, 5.74) is 0.843. The van der Waals surface area contributed by atoms with E-state index in [2.05, 4.69) is 10.3 Å². The number of fused-ring (bicyclic) bond motifs is 1. The van der Waals surface area contributed by atoms with Gasteiger partial charge in [-0.25, -0.2) is 9.18 Å². The lowest BCUT2D eigenvalue weighted by atomic mass is 10.0. The summed E-state index contributed by atoms with van der Waals surface area (Å²) in [6, 6.07) is 2.06. The number of piperidine rings is 1. The van der Waals surface area contributed by atoms with E-state index in [-0.39, 0.29) is 24.7 Å². The van der Waals surface area contributed by atoms with E-state index in [1.165, 1.54) is 10.6 Å². The van der Waals surface area contributed by atoms with Gasteiger partial charge in [-0.05, 0) is 24.0 Å². The molecule has 6 nitrogen and oxygen atoms in total. The Morgan fingerprint density at radius 2 is 2.00 bits per heavy atom. The molecular formula is C15H16FN3O3. The molecule has 2 aromatic rings. The number of halogens is 1. The van der Waals surface area contributed by atoms with Crippen LogP contribution in [0.4, 0.5) is 4.39 Å². The largest absolute Gasteiger partial charge is 0.327 e. The first kappa shape index (κ1) is 14.5. The zero-order chi connectivity index (χ0) is 16.0. The molecule has 0 aliphatic carbocycles. The van der Waals surface area contributed by atoms with E-state index in [1.54, 1.807) is 6.07 Å². The Morgan fingerprint density at radius 1 is 1.27 bits per heavy atom. The number of nitrogens with zero attached hydrogens (tertiary/aromatic N) is 1. The van der Waals surface area contributed by atoms with E-state index in [0.29, 0.717) is 16.6 Å². The number of rotatable bonds is 2. The number of imide groups is 1. The van der Waals surface area contributed by atoms with E-state index in [4.69, 9.17) is 0 Å². The number of H-pyrrole nitrogens is 1. The summed E-state index contributed by atoms with van der Waals surface area (Å²) in [7, 11) is 0. The number of hydrogen-bond acceptors (Lipinski definition) is 3. The highest BCUT2D eigenvalue weighted by Gasteiger charge is 2.30. The topological polar surface area (TPSA) is 84.0 Å².